The molecule has 298 valence electrons. The number of anilines is 9. The molecule has 12 rings (SSSR count). The lowest BCUT2D eigenvalue weighted by atomic mass is 10.0. The van der Waals surface area contributed by atoms with Crippen LogP contribution in [0.2, 0.25) is 0 Å². The molecule has 0 atom stereocenters. The molecule has 2 heterocycles. The Morgan fingerprint density at radius 2 is 0.587 bits per heavy atom. The average molecular weight is 842 g/mol. The van der Waals surface area contributed by atoms with Gasteiger partial charge in [0.15, 0.2) is 0 Å². The molecule has 0 spiro atoms. The molecule has 10 aromatic carbocycles. The first kappa shape index (κ1) is 37.3. The molecule has 0 fully saturated rings. The monoisotopic (exact) mass is 841 g/mol. The second kappa shape index (κ2) is 15.8. The number of hydrogen-bond donors (Lipinski definition) is 0. The number of fused-ring (bicyclic) bond motifs is 5. The van der Waals surface area contributed by atoms with Crippen molar-refractivity contribution in [2.45, 2.75) is 19.6 Å². The first-order valence-corrected chi connectivity index (χ1v) is 22.9. The van der Waals surface area contributed by atoms with Gasteiger partial charge in [-0.3, -0.25) is 0 Å². The van der Waals surface area contributed by atoms with Crippen LogP contribution in [0, 0.1) is 0 Å². The summed E-state index contributed by atoms with van der Waals surface area (Å²) in [5, 5.41) is 2.44. The Hall–Kier alpha value is -7.44. The van der Waals surface area contributed by atoms with Gasteiger partial charge >= 0.3 is 0 Å². The summed E-state index contributed by atoms with van der Waals surface area (Å²) < 4.78 is 0. The van der Waals surface area contributed by atoms with Crippen molar-refractivity contribution in [1.29, 1.82) is 0 Å². The summed E-state index contributed by atoms with van der Waals surface area (Å²) in [6, 6.07) is 85.9. The van der Waals surface area contributed by atoms with Crippen molar-refractivity contribution in [2.75, 3.05) is 14.7 Å². The average Bonchev–Trinajstić information content (AvgIpc) is 3.35. The molecule has 0 N–H and O–H groups in total. The smallest absolute Gasteiger partial charge is 0.0601 e. The van der Waals surface area contributed by atoms with E-state index in [2.05, 4.69) is 251 Å². The van der Waals surface area contributed by atoms with Crippen LogP contribution in [0.3, 0.4) is 0 Å². The van der Waals surface area contributed by atoms with Crippen molar-refractivity contribution >= 4 is 85.5 Å². The molecular formula is C58H39N3S2. The molecule has 0 amide bonds. The summed E-state index contributed by atoms with van der Waals surface area (Å²) in [6.07, 6.45) is 0. The fourth-order valence-corrected chi connectivity index (χ4v) is 11.1. The van der Waals surface area contributed by atoms with E-state index in [9.17, 15) is 0 Å². The Kier molecular flexibility index (Phi) is 9.36. The van der Waals surface area contributed by atoms with Crippen LogP contribution >= 0.6 is 23.5 Å². The second-order valence-corrected chi connectivity index (χ2v) is 18.0. The third-order valence-electron chi connectivity index (χ3n) is 12.0. The molecule has 0 bridgehead atoms. The van der Waals surface area contributed by atoms with E-state index < -0.39 is 0 Å². The van der Waals surface area contributed by atoms with Gasteiger partial charge in [0.2, 0.25) is 0 Å². The first-order valence-electron chi connectivity index (χ1n) is 21.2. The SMILES string of the molecule is c1ccc2c(c1)Sc1ccccc1N2c1ccc(-c2ccc(N(c3ccc(-c4ccc(N5c6ccccc6Sc6ccccc65)cc4)cc3)c3ccc4ccccc4c3)cc2)cc1. The van der Waals surface area contributed by atoms with Crippen molar-refractivity contribution in [1.82, 2.24) is 0 Å². The molecule has 0 aromatic heterocycles. The molecule has 2 aliphatic heterocycles. The van der Waals surface area contributed by atoms with Gasteiger partial charge in [0.1, 0.15) is 0 Å². The van der Waals surface area contributed by atoms with Crippen molar-refractivity contribution in [3.8, 4) is 22.3 Å². The van der Waals surface area contributed by atoms with Crippen LogP contribution in [-0.4, -0.2) is 0 Å². The molecule has 0 saturated carbocycles. The molecule has 10 aromatic rings. The van der Waals surface area contributed by atoms with E-state index in [0.29, 0.717) is 0 Å². The second-order valence-electron chi connectivity index (χ2n) is 15.8. The summed E-state index contributed by atoms with van der Waals surface area (Å²) in [5.41, 5.74) is 15.2. The predicted molar refractivity (Wildman–Crippen MR) is 267 cm³/mol. The third kappa shape index (κ3) is 6.83. The van der Waals surface area contributed by atoms with Crippen LogP contribution in [0.25, 0.3) is 33.0 Å². The maximum Gasteiger partial charge on any atom is 0.0601 e. The number of rotatable bonds is 7. The predicted octanol–water partition coefficient (Wildman–Crippen LogP) is 17.5. The van der Waals surface area contributed by atoms with Gasteiger partial charge in [-0.1, -0.05) is 151 Å². The van der Waals surface area contributed by atoms with E-state index in [0.717, 1.165) is 28.4 Å². The number of benzene rings is 10. The van der Waals surface area contributed by atoms with Crippen LogP contribution in [0.15, 0.2) is 256 Å². The van der Waals surface area contributed by atoms with Gasteiger partial charge in [0.05, 0.1) is 22.7 Å². The number of para-hydroxylation sites is 4. The van der Waals surface area contributed by atoms with Gasteiger partial charge < -0.3 is 14.7 Å². The van der Waals surface area contributed by atoms with Crippen molar-refractivity contribution in [2.24, 2.45) is 0 Å². The molecule has 3 nitrogen and oxygen atoms in total. The highest BCUT2D eigenvalue weighted by Crippen LogP contribution is 2.53. The summed E-state index contributed by atoms with van der Waals surface area (Å²) in [6.45, 7) is 0. The molecule has 0 radical (unpaired) electrons. The van der Waals surface area contributed by atoms with E-state index in [1.54, 1.807) is 0 Å². The summed E-state index contributed by atoms with van der Waals surface area (Å²) in [5.74, 6) is 0. The van der Waals surface area contributed by atoms with Crippen molar-refractivity contribution in [3.05, 3.63) is 237 Å². The minimum absolute atomic E-state index is 1.10. The molecule has 0 unspecified atom stereocenters. The maximum absolute atomic E-state index is 2.38. The molecule has 5 heteroatoms. The Morgan fingerprint density at radius 3 is 0.984 bits per heavy atom. The zero-order valence-corrected chi connectivity index (χ0v) is 35.8. The topological polar surface area (TPSA) is 9.72 Å². The minimum Gasteiger partial charge on any atom is -0.310 e. The van der Waals surface area contributed by atoms with Crippen LogP contribution in [0.5, 0.6) is 0 Å². The van der Waals surface area contributed by atoms with E-state index in [-0.39, 0.29) is 0 Å². The minimum atomic E-state index is 1.10. The Balaban J connectivity index is 0.849. The maximum atomic E-state index is 2.38. The zero-order chi connectivity index (χ0) is 41.7. The molecule has 0 aliphatic carbocycles. The highest BCUT2D eigenvalue weighted by atomic mass is 32.2. The van der Waals surface area contributed by atoms with Gasteiger partial charge in [-0.05, 0) is 142 Å². The molecule has 2 aliphatic rings. The summed E-state index contributed by atoms with van der Waals surface area (Å²) >= 11 is 3.67. The standard InChI is InChI=1S/C58H39N3S2/c1-2-12-45-39-50(38-29-40(45)11-1)59(46-30-21-41(22-31-46)43-25-34-48(35-26-43)60-51-13-3-7-17-55(51)62-56-18-8-4-14-52(56)60)47-32-23-42(24-33-47)44-27-36-49(37-28-44)61-53-15-5-9-19-57(53)63-58-20-10-6-16-54(58)61/h1-39H. The number of nitrogens with zero attached hydrogens (tertiary/aromatic N) is 3. The van der Waals surface area contributed by atoms with Gasteiger partial charge in [0.25, 0.3) is 0 Å². The van der Waals surface area contributed by atoms with Crippen LogP contribution in [0.4, 0.5) is 51.2 Å². The van der Waals surface area contributed by atoms with Crippen LogP contribution in [0.1, 0.15) is 0 Å². The fraction of sp³-hybridized carbons (Fsp3) is 0. The Morgan fingerprint density at radius 1 is 0.270 bits per heavy atom. The highest BCUT2D eigenvalue weighted by Gasteiger charge is 2.26. The summed E-state index contributed by atoms with van der Waals surface area (Å²) in [7, 11) is 0. The Labute approximate surface area is 376 Å². The van der Waals surface area contributed by atoms with Gasteiger partial charge in [-0.15, -0.1) is 0 Å². The lowest BCUT2D eigenvalue weighted by Gasteiger charge is -2.32. The number of hydrogen-bond acceptors (Lipinski definition) is 5. The normalized spacial score (nSPS) is 12.6. The van der Waals surface area contributed by atoms with E-state index in [1.807, 2.05) is 23.5 Å². The Bertz CT molecular complexity index is 3020. The fourth-order valence-electron chi connectivity index (χ4n) is 8.94. The zero-order valence-electron chi connectivity index (χ0n) is 34.2. The van der Waals surface area contributed by atoms with Crippen molar-refractivity contribution < 1.29 is 0 Å². The van der Waals surface area contributed by atoms with E-state index in [4.69, 9.17) is 0 Å². The van der Waals surface area contributed by atoms with Crippen LogP contribution in [-0.2, 0) is 0 Å². The van der Waals surface area contributed by atoms with Crippen molar-refractivity contribution in [3.63, 3.8) is 0 Å². The first-order chi connectivity index (χ1) is 31.2. The largest absolute Gasteiger partial charge is 0.310 e. The lowest BCUT2D eigenvalue weighted by Crippen LogP contribution is -2.14. The van der Waals surface area contributed by atoms with E-state index in [1.165, 1.54) is 75.4 Å². The van der Waals surface area contributed by atoms with Crippen LogP contribution < -0.4 is 14.7 Å². The lowest BCUT2D eigenvalue weighted by molar-refractivity contribution is 1.17. The molecular weight excluding hydrogens is 803 g/mol. The third-order valence-corrected chi connectivity index (χ3v) is 14.3. The quantitative estimate of drug-likeness (QED) is 0.158. The highest BCUT2D eigenvalue weighted by molar-refractivity contribution is 8.00. The summed E-state index contributed by atoms with van der Waals surface area (Å²) in [4.78, 5) is 12.2. The van der Waals surface area contributed by atoms with Gasteiger partial charge in [0, 0.05) is 48.0 Å². The molecule has 63 heavy (non-hydrogen) atoms. The van der Waals surface area contributed by atoms with Gasteiger partial charge in [-0.2, -0.15) is 0 Å². The van der Waals surface area contributed by atoms with E-state index >= 15 is 0 Å². The molecule has 0 saturated heterocycles. The van der Waals surface area contributed by atoms with Gasteiger partial charge in [-0.25, -0.2) is 0 Å².